The number of rotatable bonds is 7. The molecule has 1 aliphatic rings. The van der Waals surface area contributed by atoms with E-state index in [2.05, 4.69) is 16.9 Å². The van der Waals surface area contributed by atoms with Gasteiger partial charge in [0, 0.05) is 50.3 Å². The van der Waals surface area contributed by atoms with Gasteiger partial charge in [0.15, 0.2) is 0 Å². The van der Waals surface area contributed by atoms with E-state index in [4.69, 9.17) is 10.7 Å². The Hall–Kier alpha value is -2.61. The molecule has 6 nitrogen and oxygen atoms in total. The summed E-state index contributed by atoms with van der Waals surface area (Å²) in [6.45, 7) is 13.1. The molecule has 2 heterocycles. The summed E-state index contributed by atoms with van der Waals surface area (Å²) in [6, 6.07) is 2.85. The minimum atomic E-state index is -3.03. The molecule has 2 atom stereocenters. The van der Waals surface area contributed by atoms with Gasteiger partial charge in [0.2, 0.25) is 5.91 Å². The highest BCUT2D eigenvalue weighted by atomic mass is 19.3. The number of aliphatic imine (C=N–C) groups is 1. The first-order valence-corrected chi connectivity index (χ1v) is 11.1. The molecule has 0 bridgehead atoms. The summed E-state index contributed by atoms with van der Waals surface area (Å²) in [5.41, 5.74) is 7.86. The van der Waals surface area contributed by atoms with Crippen molar-refractivity contribution >= 4 is 23.1 Å². The number of amides is 1. The molecule has 1 fully saturated rings. The van der Waals surface area contributed by atoms with E-state index in [1.54, 1.807) is 0 Å². The number of aromatic nitrogens is 1. The molecule has 0 spiro atoms. The predicted octanol–water partition coefficient (Wildman–Crippen LogP) is 4.62. The van der Waals surface area contributed by atoms with Crippen LogP contribution in [0.3, 0.4) is 0 Å². The van der Waals surface area contributed by atoms with E-state index >= 15 is 0 Å². The van der Waals surface area contributed by atoms with Crippen LogP contribution in [0.25, 0.3) is 5.57 Å². The third kappa shape index (κ3) is 6.45. The second kappa shape index (κ2) is 10.8. The van der Waals surface area contributed by atoms with E-state index in [1.165, 1.54) is 25.3 Å². The van der Waals surface area contributed by atoms with Crippen molar-refractivity contribution in [2.24, 2.45) is 16.6 Å². The maximum atomic E-state index is 14.4. The number of hydrogen-bond acceptors (Lipinski definition) is 5. The monoisotopic (exact) mass is 447 g/mol. The van der Waals surface area contributed by atoms with Crippen molar-refractivity contribution in [3.8, 4) is 0 Å². The van der Waals surface area contributed by atoms with Crippen molar-refractivity contribution in [1.29, 1.82) is 0 Å². The topological polar surface area (TPSA) is 83.6 Å². The van der Waals surface area contributed by atoms with Crippen LogP contribution in [0.4, 0.5) is 14.6 Å². The van der Waals surface area contributed by atoms with Crippen LogP contribution in [-0.2, 0) is 10.7 Å². The quantitative estimate of drug-likeness (QED) is 0.472. The Morgan fingerprint density at radius 1 is 1.47 bits per heavy atom. The van der Waals surface area contributed by atoms with Gasteiger partial charge in [-0.2, -0.15) is 0 Å². The van der Waals surface area contributed by atoms with Crippen LogP contribution in [0.1, 0.15) is 65.1 Å². The zero-order valence-electron chi connectivity index (χ0n) is 19.7. The van der Waals surface area contributed by atoms with Crippen LogP contribution in [0.5, 0.6) is 0 Å². The highest BCUT2D eigenvalue weighted by Gasteiger charge is 2.29. The fourth-order valence-corrected chi connectivity index (χ4v) is 3.89. The molecule has 3 N–H and O–H groups in total. The molecule has 8 heteroatoms. The number of allylic oxidation sites excluding steroid dienone is 1. The normalized spacial score (nSPS) is 19.3. The summed E-state index contributed by atoms with van der Waals surface area (Å²) in [5.74, 6) is -2.46. The van der Waals surface area contributed by atoms with Gasteiger partial charge in [-0.05, 0) is 49.8 Å². The van der Waals surface area contributed by atoms with Gasteiger partial charge in [0.05, 0.1) is 5.69 Å². The van der Waals surface area contributed by atoms with E-state index in [0.29, 0.717) is 29.5 Å². The predicted molar refractivity (Wildman–Crippen MR) is 127 cm³/mol. The first-order valence-electron chi connectivity index (χ1n) is 11.1. The van der Waals surface area contributed by atoms with E-state index in [0.717, 1.165) is 38.3 Å². The average Bonchev–Trinajstić information content (AvgIpc) is 2.72. The molecule has 176 valence electrons. The molecule has 0 aromatic carbocycles. The second-order valence-electron chi connectivity index (χ2n) is 8.53. The highest BCUT2D eigenvalue weighted by Crippen LogP contribution is 2.34. The Morgan fingerprint density at radius 2 is 2.16 bits per heavy atom. The minimum absolute atomic E-state index is 0.00000163. The highest BCUT2D eigenvalue weighted by molar-refractivity contribution is 6.11. The van der Waals surface area contributed by atoms with Crippen molar-refractivity contribution in [2.45, 2.75) is 65.8 Å². The van der Waals surface area contributed by atoms with Crippen LogP contribution in [0, 0.1) is 5.92 Å². The van der Waals surface area contributed by atoms with E-state index in [9.17, 15) is 13.6 Å². The SMILES string of the molecule is C=CN=C(NC(C)=O)/C(=C(\C)c1cc(C(C)(F)F)cc(N2CCC[C@H](N)C2)n1)C(C)CC. The number of alkyl halides is 2. The molecule has 1 amide bonds. The van der Waals surface area contributed by atoms with Gasteiger partial charge in [0.25, 0.3) is 5.92 Å². The second-order valence-corrected chi connectivity index (χ2v) is 8.53. The molecular formula is C24H35F2N5O. The van der Waals surface area contributed by atoms with Crippen LogP contribution >= 0.6 is 0 Å². The summed E-state index contributed by atoms with van der Waals surface area (Å²) in [6.07, 6.45) is 3.91. The molecule has 1 saturated heterocycles. The van der Waals surface area contributed by atoms with E-state index in [-0.39, 0.29) is 23.4 Å². The fourth-order valence-electron chi connectivity index (χ4n) is 3.89. The lowest BCUT2D eigenvalue weighted by Crippen LogP contribution is -2.43. The average molecular weight is 448 g/mol. The molecule has 1 aliphatic heterocycles. The summed E-state index contributed by atoms with van der Waals surface area (Å²) in [5, 5.41) is 2.75. The minimum Gasteiger partial charge on any atom is -0.355 e. The number of anilines is 1. The number of nitrogens with two attached hydrogens (primary N) is 1. The van der Waals surface area contributed by atoms with Gasteiger partial charge in [-0.25, -0.2) is 18.8 Å². The van der Waals surface area contributed by atoms with Crippen molar-refractivity contribution in [1.82, 2.24) is 10.3 Å². The van der Waals surface area contributed by atoms with Crippen LogP contribution in [0.15, 0.2) is 35.5 Å². The molecular weight excluding hydrogens is 412 g/mol. The maximum absolute atomic E-state index is 14.4. The first kappa shape index (κ1) is 25.6. The number of carbonyl (C=O) groups is 1. The van der Waals surface area contributed by atoms with Gasteiger partial charge >= 0.3 is 0 Å². The Labute approximate surface area is 189 Å². The van der Waals surface area contributed by atoms with Crippen molar-refractivity contribution < 1.29 is 13.6 Å². The number of hydrogen-bond donors (Lipinski definition) is 2. The van der Waals surface area contributed by atoms with Crippen LogP contribution in [-0.4, -0.2) is 35.9 Å². The van der Waals surface area contributed by atoms with Crippen molar-refractivity contribution in [2.75, 3.05) is 18.0 Å². The molecule has 1 aromatic heterocycles. The lowest BCUT2D eigenvalue weighted by molar-refractivity contribution is -0.117. The third-order valence-corrected chi connectivity index (χ3v) is 5.76. The maximum Gasteiger partial charge on any atom is 0.270 e. The summed E-state index contributed by atoms with van der Waals surface area (Å²) in [4.78, 5) is 22.8. The molecule has 2 rings (SSSR count). The standard InChI is InChI=1S/C24H35F2N5O/c1-7-15(3)22(23(28-8-2)29-17(5)32)16(4)20-12-18(24(6,25)26)13-21(30-20)31-11-9-10-19(27)14-31/h8,12-13,15,19H,2,7,9-11,14,27H2,1,3-6H3,(H,28,29,32)/b22-16+/t15?,19-/m0/s1. The largest absolute Gasteiger partial charge is 0.355 e. The van der Waals surface area contributed by atoms with Gasteiger partial charge in [-0.15, -0.1) is 0 Å². The van der Waals surface area contributed by atoms with Crippen molar-refractivity contribution in [3.05, 3.63) is 41.7 Å². The van der Waals surface area contributed by atoms with Crippen LogP contribution in [0.2, 0.25) is 0 Å². The fraction of sp³-hybridized carbons (Fsp3) is 0.542. The van der Waals surface area contributed by atoms with E-state index in [1.807, 2.05) is 25.7 Å². The lowest BCUT2D eigenvalue weighted by Gasteiger charge is -2.32. The summed E-state index contributed by atoms with van der Waals surface area (Å²) < 4.78 is 28.8. The number of nitrogens with one attached hydrogen (secondary N) is 1. The van der Waals surface area contributed by atoms with Gasteiger partial charge < -0.3 is 16.0 Å². The Morgan fingerprint density at radius 3 is 2.69 bits per heavy atom. The van der Waals surface area contributed by atoms with Gasteiger partial charge in [-0.3, -0.25) is 4.79 Å². The van der Waals surface area contributed by atoms with E-state index < -0.39 is 5.92 Å². The number of nitrogens with zero attached hydrogens (tertiary/aromatic N) is 3. The number of carbonyl (C=O) groups excluding carboxylic acids is 1. The third-order valence-electron chi connectivity index (χ3n) is 5.76. The number of amidine groups is 1. The zero-order chi connectivity index (χ0) is 24.1. The number of piperidine rings is 1. The molecule has 1 unspecified atom stereocenters. The zero-order valence-corrected chi connectivity index (χ0v) is 19.7. The van der Waals surface area contributed by atoms with Gasteiger partial charge in [0.1, 0.15) is 11.7 Å². The lowest BCUT2D eigenvalue weighted by atomic mass is 9.90. The summed E-state index contributed by atoms with van der Waals surface area (Å²) >= 11 is 0. The first-order chi connectivity index (χ1) is 15.0. The molecule has 1 aromatic rings. The molecule has 0 saturated carbocycles. The summed E-state index contributed by atoms with van der Waals surface area (Å²) in [7, 11) is 0. The van der Waals surface area contributed by atoms with Crippen LogP contribution < -0.4 is 16.0 Å². The van der Waals surface area contributed by atoms with Crippen molar-refractivity contribution in [3.63, 3.8) is 0 Å². The molecule has 0 aliphatic carbocycles. The smallest absolute Gasteiger partial charge is 0.270 e. The molecule has 32 heavy (non-hydrogen) atoms. The number of halogens is 2. The Balaban J connectivity index is 2.72. The number of pyridine rings is 1. The Bertz CT molecular complexity index is 904. The van der Waals surface area contributed by atoms with Gasteiger partial charge in [-0.1, -0.05) is 20.4 Å². The molecule has 0 radical (unpaired) electrons. The Kier molecular flexibility index (Phi) is 8.66.